The minimum atomic E-state index is -1.22. The van der Waals surface area contributed by atoms with E-state index >= 15 is 0 Å². The Morgan fingerprint density at radius 3 is 2.34 bits per heavy atom. The van der Waals surface area contributed by atoms with E-state index in [2.05, 4.69) is 10.6 Å². The van der Waals surface area contributed by atoms with E-state index in [0.717, 1.165) is 66.5 Å². The number of fused-ring (bicyclic) bond motifs is 4. The van der Waals surface area contributed by atoms with Crippen LogP contribution in [0, 0.1) is 25.7 Å². The molecule has 6 rings (SSSR count). The number of amides is 3. The number of rotatable bonds is 3. The van der Waals surface area contributed by atoms with Crippen molar-refractivity contribution >= 4 is 23.4 Å². The molecule has 182 valence electrons. The van der Waals surface area contributed by atoms with E-state index in [1.807, 2.05) is 56.3 Å². The summed E-state index contributed by atoms with van der Waals surface area (Å²) >= 11 is 0. The quantitative estimate of drug-likeness (QED) is 0.524. The highest BCUT2D eigenvalue weighted by Crippen LogP contribution is 2.54. The summed E-state index contributed by atoms with van der Waals surface area (Å²) in [7, 11) is 0. The maximum absolute atomic E-state index is 14.2. The van der Waals surface area contributed by atoms with Crippen LogP contribution in [0.2, 0.25) is 0 Å². The SMILES string of the molecule is Cc1ccc2c(c1C)NC(=O)[C@]21N[C@H](Cc2ccccc2)[C@H]2C(=O)N(C3CCCCCC3)C(=O)[C@@H]21. The largest absolute Gasteiger partial charge is 0.324 e. The molecular formula is C29H33N3O3. The van der Waals surface area contributed by atoms with Crippen molar-refractivity contribution in [1.82, 2.24) is 10.2 Å². The third-order valence-corrected chi connectivity index (χ3v) is 8.94. The predicted octanol–water partition coefficient (Wildman–Crippen LogP) is 3.99. The fourth-order valence-corrected chi connectivity index (χ4v) is 7.06. The Balaban J connectivity index is 1.47. The first-order valence-corrected chi connectivity index (χ1v) is 13.0. The number of hydrogen-bond donors (Lipinski definition) is 2. The Morgan fingerprint density at radius 1 is 0.914 bits per heavy atom. The minimum absolute atomic E-state index is 0.0544. The molecule has 2 saturated heterocycles. The average Bonchev–Trinajstić information content (AvgIpc) is 3.31. The smallest absolute Gasteiger partial charge is 0.250 e. The van der Waals surface area contributed by atoms with Gasteiger partial charge < -0.3 is 5.32 Å². The van der Waals surface area contributed by atoms with Gasteiger partial charge in [-0.15, -0.1) is 0 Å². The molecule has 0 radical (unpaired) electrons. The fraction of sp³-hybridized carbons (Fsp3) is 0.483. The lowest BCUT2D eigenvalue weighted by Crippen LogP contribution is -2.54. The van der Waals surface area contributed by atoms with Gasteiger partial charge in [-0.2, -0.15) is 0 Å². The minimum Gasteiger partial charge on any atom is -0.324 e. The van der Waals surface area contributed by atoms with Crippen LogP contribution in [0.4, 0.5) is 5.69 Å². The second kappa shape index (κ2) is 8.30. The van der Waals surface area contributed by atoms with E-state index in [1.54, 1.807) is 4.90 Å². The van der Waals surface area contributed by atoms with E-state index in [1.165, 1.54) is 0 Å². The van der Waals surface area contributed by atoms with Crippen molar-refractivity contribution in [2.45, 2.75) is 76.4 Å². The number of likely N-dealkylation sites (tertiary alicyclic amines) is 1. The van der Waals surface area contributed by atoms with Crippen molar-refractivity contribution in [2.75, 3.05) is 5.32 Å². The van der Waals surface area contributed by atoms with Crippen LogP contribution in [0.3, 0.4) is 0 Å². The molecule has 2 aromatic carbocycles. The van der Waals surface area contributed by atoms with Gasteiger partial charge >= 0.3 is 0 Å². The number of anilines is 1. The second-order valence-corrected chi connectivity index (χ2v) is 10.8. The molecule has 1 saturated carbocycles. The number of nitrogens with one attached hydrogen (secondary N) is 2. The van der Waals surface area contributed by atoms with Gasteiger partial charge in [-0.3, -0.25) is 24.6 Å². The van der Waals surface area contributed by atoms with Crippen molar-refractivity contribution in [3.63, 3.8) is 0 Å². The van der Waals surface area contributed by atoms with Crippen molar-refractivity contribution in [2.24, 2.45) is 11.8 Å². The Labute approximate surface area is 206 Å². The van der Waals surface area contributed by atoms with Crippen molar-refractivity contribution < 1.29 is 14.4 Å². The highest BCUT2D eigenvalue weighted by Gasteiger charge is 2.70. The molecule has 35 heavy (non-hydrogen) atoms. The van der Waals surface area contributed by atoms with Crippen molar-refractivity contribution in [1.29, 1.82) is 0 Å². The van der Waals surface area contributed by atoms with Crippen LogP contribution in [-0.2, 0) is 26.3 Å². The van der Waals surface area contributed by atoms with Gasteiger partial charge in [0.15, 0.2) is 0 Å². The molecule has 3 aliphatic heterocycles. The summed E-state index contributed by atoms with van der Waals surface area (Å²) in [5.41, 5.74) is 3.56. The molecular weight excluding hydrogens is 438 g/mol. The van der Waals surface area contributed by atoms with Gasteiger partial charge in [0.25, 0.3) is 0 Å². The monoisotopic (exact) mass is 471 g/mol. The molecule has 2 aromatic rings. The number of nitrogens with zero attached hydrogens (tertiary/aromatic N) is 1. The van der Waals surface area contributed by atoms with Gasteiger partial charge in [-0.25, -0.2) is 0 Å². The number of imide groups is 1. The average molecular weight is 472 g/mol. The van der Waals surface area contributed by atoms with Crippen LogP contribution in [0.1, 0.15) is 60.8 Å². The number of aryl methyl sites for hydroxylation is 1. The first kappa shape index (κ1) is 22.5. The lowest BCUT2D eigenvalue weighted by molar-refractivity contribution is -0.145. The summed E-state index contributed by atoms with van der Waals surface area (Å²) in [4.78, 5) is 43.6. The lowest BCUT2D eigenvalue weighted by Gasteiger charge is -2.32. The van der Waals surface area contributed by atoms with Gasteiger partial charge in [-0.05, 0) is 49.8 Å². The van der Waals surface area contributed by atoms with E-state index in [0.29, 0.717) is 6.42 Å². The zero-order valence-electron chi connectivity index (χ0n) is 20.5. The molecule has 0 aromatic heterocycles. The number of hydrogen-bond acceptors (Lipinski definition) is 4. The molecule has 1 spiro atoms. The predicted molar refractivity (Wildman–Crippen MR) is 134 cm³/mol. The molecule has 3 amide bonds. The van der Waals surface area contributed by atoms with Gasteiger partial charge in [0.05, 0.1) is 11.8 Å². The second-order valence-electron chi connectivity index (χ2n) is 10.8. The first-order valence-electron chi connectivity index (χ1n) is 13.0. The fourth-order valence-electron chi connectivity index (χ4n) is 7.06. The van der Waals surface area contributed by atoms with Crippen LogP contribution < -0.4 is 10.6 Å². The topological polar surface area (TPSA) is 78.5 Å². The molecule has 6 nitrogen and oxygen atoms in total. The maximum atomic E-state index is 14.2. The van der Waals surface area contributed by atoms with Crippen LogP contribution in [0.15, 0.2) is 42.5 Å². The van der Waals surface area contributed by atoms with Crippen LogP contribution in [0.5, 0.6) is 0 Å². The lowest BCUT2D eigenvalue weighted by atomic mass is 9.75. The standard InChI is InChI=1S/C29H33N3O3/c1-17-14-15-21-25(18(17)2)30-28(35)29(21)24-23(22(31-29)16-19-10-6-5-7-11-19)26(33)32(27(24)34)20-12-8-3-4-9-13-20/h5-7,10-11,14-15,20,22-24,31H,3-4,8-9,12-13,16H2,1-2H3,(H,30,35)/t22-,23-,24-,29+/m1/s1. The zero-order valence-corrected chi connectivity index (χ0v) is 20.5. The Hall–Kier alpha value is -2.99. The molecule has 1 aliphatic carbocycles. The molecule has 6 heteroatoms. The molecule has 3 heterocycles. The molecule has 0 unspecified atom stereocenters. The number of benzene rings is 2. The van der Waals surface area contributed by atoms with Crippen molar-refractivity contribution in [3.8, 4) is 0 Å². The normalized spacial score (nSPS) is 30.5. The van der Waals surface area contributed by atoms with Gasteiger partial charge in [0, 0.05) is 23.3 Å². The van der Waals surface area contributed by atoms with Gasteiger partial charge in [0.1, 0.15) is 5.54 Å². The first-order chi connectivity index (χ1) is 16.9. The molecule has 3 fully saturated rings. The van der Waals surface area contributed by atoms with Gasteiger partial charge in [-0.1, -0.05) is 68.1 Å². The third-order valence-electron chi connectivity index (χ3n) is 8.94. The number of carbonyl (C=O) groups excluding carboxylic acids is 3. The summed E-state index contributed by atoms with van der Waals surface area (Å²) in [5, 5.41) is 6.68. The summed E-state index contributed by atoms with van der Waals surface area (Å²) in [6.45, 7) is 4.02. The molecule has 0 bridgehead atoms. The molecule has 4 aliphatic rings. The van der Waals surface area contributed by atoms with Crippen LogP contribution in [0.25, 0.3) is 0 Å². The van der Waals surface area contributed by atoms with Crippen molar-refractivity contribution in [3.05, 3.63) is 64.7 Å². The summed E-state index contributed by atoms with van der Waals surface area (Å²) in [6.07, 6.45) is 6.69. The molecule has 4 atom stereocenters. The highest BCUT2D eigenvalue weighted by molar-refractivity contribution is 6.15. The maximum Gasteiger partial charge on any atom is 0.250 e. The van der Waals surface area contributed by atoms with Crippen LogP contribution in [-0.4, -0.2) is 34.7 Å². The Morgan fingerprint density at radius 2 is 1.63 bits per heavy atom. The van der Waals surface area contributed by atoms with E-state index in [4.69, 9.17) is 0 Å². The highest BCUT2D eigenvalue weighted by atomic mass is 16.2. The third kappa shape index (κ3) is 3.22. The zero-order chi connectivity index (χ0) is 24.3. The molecule has 2 N–H and O–H groups in total. The van der Waals surface area contributed by atoms with Crippen LogP contribution >= 0.6 is 0 Å². The number of carbonyl (C=O) groups is 3. The van der Waals surface area contributed by atoms with E-state index in [-0.39, 0.29) is 29.8 Å². The van der Waals surface area contributed by atoms with E-state index < -0.39 is 17.4 Å². The Bertz CT molecular complexity index is 1200. The Kier molecular flexibility index (Phi) is 5.33. The summed E-state index contributed by atoms with van der Waals surface area (Å²) in [5.74, 6) is -1.76. The summed E-state index contributed by atoms with van der Waals surface area (Å²) < 4.78 is 0. The summed E-state index contributed by atoms with van der Waals surface area (Å²) in [6, 6.07) is 13.7. The van der Waals surface area contributed by atoms with Gasteiger partial charge in [0.2, 0.25) is 17.7 Å². The van der Waals surface area contributed by atoms with E-state index in [9.17, 15) is 14.4 Å².